The maximum absolute atomic E-state index is 12.0. The van der Waals surface area contributed by atoms with Gasteiger partial charge in [0, 0.05) is 6.42 Å². The topological polar surface area (TPSA) is 26.3 Å². The molecule has 3 rings (SSSR count). The molecule has 3 aliphatic rings. The summed E-state index contributed by atoms with van der Waals surface area (Å²) in [6, 6.07) is 0. The zero-order valence-electron chi connectivity index (χ0n) is 21.6. The fourth-order valence-corrected chi connectivity index (χ4v) is 7.34. The van der Waals surface area contributed by atoms with E-state index < -0.39 is 0 Å². The Bertz CT molecular complexity index is 491. The molecule has 2 nitrogen and oxygen atoms in total. The Morgan fingerprint density at radius 2 is 1.06 bits per heavy atom. The summed E-state index contributed by atoms with van der Waals surface area (Å²) in [5.41, 5.74) is 0. The Kier molecular flexibility index (Phi) is 12.0. The zero-order chi connectivity index (χ0) is 22.6. The minimum Gasteiger partial charge on any atom is -0.462 e. The van der Waals surface area contributed by atoms with Crippen LogP contribution >= 0.6 is 0 Å². The first-order valence-electron chi connectivity index (χ1n) is 14.9. The summed E-state index contributed by atoms with van der Waals surface area (Å²) in [5.74, 6) is 5.05. The number of hydrogen-bond donors (Lipinski definition) is 0. The fraction of sp³-hybridized carbons (Fsp3) is 0.967. The van der Waals surface area contributed by atoms with Crippen LogP contribution in [-0.2, 0) is 9.53 Å². The smallest absolute Gasteiger partial charge is 0.306 e. The number of carbonyl (C=O) groups excluding carboxylic acids is 1. The van der Waals surface area contributed by atoms with Gasteiger partial charge in [-0.15, -0.1) is 0 Å². The Balaban J connectivity index is 1.27. The van der Waals surface area contributed by atoms with Gasteiger partial charge in [-0.1, -0.05) is 71.6 Å². The van der Waals surface area contributed by atoms with Crippen molar-refractivity contribution in [3.63, 3.8) is 0 Å². The molecule has 3 aliphatic carbocycles. The monoisotopic (exact) mass is 446 g/mol. The molecule has 0 aromatic heterocycles. The summed E-state index contributed by atoms with van der Waals surface area (Å²) in [6.07, 6.45) is 28.3. The van der Waals surface area contributed by atoms with Crippen molar-refractivity contribution < 1.29 is 9.53 Å². The molecule has 3 fully saturated rings. The highest BCUT2D eigenvalue weighted by Crippen LogP contribution is 2.46. The fourth-order valence-electron chi connectivity index (χ4n) is 7.34. The Morgan fingerprint density at radius 3 is 1.59 bits per heavy atom. The maximum Gasteiger partial charge on any atom is 0.306 e. The van der Waals surface area contributed by atoms with Crippen LogP contribution in [0.4, 0.5) is 0 Å². The van der Waals surface area contributed by atoms with Crippen molar-refractivity contribution in [1.29, 1.82) is 0 Å². The van der Waals surface area contributed by atoms with Gasteiger partial charge in [-0.05, 0) is 100 Å². The molecule has 0 aromatic carbocycles. The largest absolute Gasteiger partial charge is 0.462 e. The molecule has 0 unspecified atom stereocenters. The molecule has 0 radical (unpaired) electrons. The highest BCUT2D eigenvalue weighted by Gasteiger charge is 2.35. The molecule has 0 heterocycles. The van der Waals surface area contributed by atoms with Crippen LogP contribution in [-0.4, -0.2) is 12.1 Å². The quantitative estimate of drug-likeness (QED) is 0.220. The molecule has 186 valence electrons. The SMILES string of the molecule is CCCCCCC1CCC(C2CCC(C3CCC(OC(=O)CCCCC)CC3)CC2)CC1. The first-order chi connectivity index (χ1) is 15.7. The molecule has 3 saturated carbocycles. The minimum absolute atomic E-state index is 0.0538. The molecular formula is C30H54O2. The molecule has 0 atom stereocenters. The van der Waals surface area contributed by atoms with E-state index in [0.717, 1.165) is 55.3 Å². The van der Waals surface area contributed by atoms with E-state index in [1.54, 1.807) is 0 Å². The third kappa shape index (κ3) is 8.68. The second-order valence-corrected chi connectivity index (χ2v) is 11.8. The van der Waals surface area contributed by atoms with Crippen molar-refractivity contribution in [1.82, 2.24) is 0 Å². The summed E-state index contributed by atoms with van der Waals surface area (Å²) in [5, 5.41) is 0. The van der Waals surface area contributed by atoms with Crippen LogP contribution in [0.5, 0.6) is 0 Å². The molecule has 32 heavy (non-hydrogen) atoms. The van der Waals surface area contributed by atoms with Crippen LogP contribution in [0.25, 0.3) is 0 Å². The van der Waals surface area contributed by atoms with E-state index in [2.05, 4.69) is 13.8 Å². The average molecular weight is 447 g/mol. The molecule has 0 N–H and O–H groups in total. The van der Waals surface area contributed by atoms with Crippen LogP contribution in [0.15, 0.2) is 0 Å². The van der Waals surface area contributed by atoms with E-state index in [0.29, 0.717) is 6.42 Å². The van der Waals surface area contributed by atoms with Gasteiger partial charge in [0.05, 0.1) is 0 Å². The molecule has 0 aliphatic heterocycles. The van der Waals surface area contributed by atoms with Crippen LogP contribution in [0.3, 0.4) is 0 Å². The zero-order valence-corrected chi connectivity index (χ0v) is 21.6. The van der Waals surface area contributed by atoms with Crippen molar-refractivity contribution >= 4 is 5.97 Å². The van der Waals surface area contributed by atoms with Gasteiger partial charge in [0.1, 0.15) is 6.10 Å². The lowest BCUT2D eigenvalue weighted by Crippen LogP contribution is -2.31. The van der Waals surface area contributed by atoms with Crippen molar-refractivity contribution in [2.24, 2.45) is 29.6 Å². The third-order valence-corrected chi connectivity index (χ3v) is 9.51. The predicted octanol–water partition coefficient (Wildman–Crippen LogP) is 9.25. The van der Waals surface area contributed by atoms with Gasteiger partial charge in [0.15, 0.2) is 0 Å². The molecule has 0 bridgehead atoms. The Morgan fingerprint density at radius 1 is 0.594 bits per heavy atom. The number of hydrogen-bond acceptors (Lipinski definition) is 2. The van der Waals surface area contributed by atoms with E-state index in [4.69, 9.17) is 4.74 Å². The second kappa shape index (κ2) is 14.7. The third-order valence-electron chi connectivity index (χ3n) is 9.51. The van der Waals surface area contributed by atoms with Crippen molar-refractivity contribution in [2.45, 2.75) is 155 Å². The molecule has 0 aromatic rings. The average Bonchev–Trinajstić information content (AvgIpc) is 2.83. The van der Waals surface area contributed by atoms with E-state index in [1.165, 1.54) is 103 Å². The first kappa shape index (κ1) is 26.1. The van der Waals surface area contributed by atoms with E-state index >= 15 is 0 Å². The molecule has 0 amide bonds. The minimum atomic E-state index is 0.0538. The summed E-state index contributed by atoms with van der Waals surface area (Å²) in [7, 11) is 0. The highest BCUT2D eigenvalue weighted by atomic mass is 16.5. The first-order valence-corrected chi connectivity index (χ1v) is 14.9. The number of rotatable bonds is 12. The summed E-state index contributed by atoms with van der Waals surface area (Å²) in [4.78, 5) is 12.0. The number of esters is 1. The van der Waals surface area contributed by atoms with E-state index in [-0.39, 0.29) is 12.1 Å². The van der Waals surface area contributed by atoms with Gasteiger partial charge in [-0.3, -0.25) is 4.79 Å². The van der Waals surface area contributed by atoms with E-state index in [1.807, 2.05) is 0 Å². The molecule has 2 heteroatoms. The lowest BCUT2D eigenvalue weighted by atomic mass is 9.65. The molecular weight excluding hydrogens is 392 g/mol. The van der Waals surface area contributed by atoms with Crippen molar-refractivity contribution in [3.8, 4) is 0 Å². The summed E-state index contributed by atoms with van der Waals surface area (Å²) >= 11 is 0. The molecule has 0 spiro atoms. The summed E-state index contributed by atoms with van der Waals surface area (Å²) < 4.78 is 5.78. The van der Waals surface area contributed by atoms with Gasteiger partial charge >= 0.3 is 5.97 Å². The van der Waals surface area contributed by atoms with Gasteiger partial charge in [-0.25, -0.2) is 0 Å². The van der Waals surface area contributed by atoms with Gasteiger partial charge in [0.2, 0.25) is 0 Å². The lowest BCUT2D eigenvalue weighted by Gasteiger charge is -2.41. The summed E-state index contributed by atoms with van der Waals surface area (Å²) in [6.45, 7) is 4.50. The number of unbranched alkanes of at least 4 members (excludes halogenated alkanes) is 5. The maximum atomic E-state index is 12.0. The van der Waals surface area contributed by atoms with E-state index in [9.17, 15) is 4.79 Å². The lowest BCUT2D eigenvalue weighted by molar-refractivity contribution is -0.151. The Hall–Kier alpha value is -0.530. The molecule has 0 saturated heterocycles. The van der Waals surface area contributed by atoms with Crippen molar-refractivity contribution in [2.75, 3.05) is 0 Å². The van der Waals surface area contributed by atoms with Crippen LogP contribution in [0.1, 0.15) is 149 Å². The van der Waals surface area contributed by atoms with Gasteiger partial charge < -0.3 is 4.74 Å². The standard InChI is InChI=1S/C30H54O2/c1-3-5-7-9-10-24-12-14-25(15-13-24)26-16-18-27(19-17-26)28-20-22-29(23-21-28)32-30(31)11-8-6-4-2/h24-29H,3-23H2,1-2H3. The number of carbonyl (C=O) groups is 1. The van der Waals surface area contributed by atoms with Crippen LogP contribution in [0.2, 0.25) is 0 Å². The van der Waals surface area contributed by atoms with Gasteiger partial charge in [0.25, 0.3) is 0 Å². The number of ether oxygens (including phenoxy) is 1. The van der Waals surface area contributed by atoms with Crippen LogP contribution in [0, 0.1) is 29.6 Å². The predicted molar refractivity (Wildman–Crippen MR) is 136 cm³/mol. The van der Waals surface area contributed by atoms with Crippen LogP contribution < -0.4 is 0 Å². The Labute approximate surface area is 200 Å². The van der Waals surface area contributed by atoms with Crippen molar-refractivity contribution in [3.05, 3.63) is 0 Å². The normalized spacial score (nSPS) is 33.7. The highest BCUT2D eigenvalue weighted by molar-refractivity contribution is 5.69. The van der Waals surface area contributed by atoms with Gasteiger partial charge in [-0.2, -0.15) is 0 Å². The second-order valence-electron chi connectivity index (χ2n) is 11.8.